The number of benzene rings is 1. The zero-order valence-corrected chi connectivity index (χ0v) is 11.7. The Morgan fingerprint density at radius 3 is 2.85 bits per heavy atom. The second-order valence-electron chi connectivity index (χ2n) is 5.66. The third-order valence-electron chi connectivity index (χ3n) is 4.30. The number of H-pyrrole nitrogens is 1. The number of aromatic amines is 1. The molecule has 3 rings (SSSR count). The van der Waals surface area contributed by atoms with E-state index < -0.39 is 0 Å². The predicted octanol–water partition coefficient (Wildman–Crippen LogP) is 1.90. The molecule has 20 heavy (non-hydrogen) atoms. The van der Waals surface area contributed by atoms with Crippen molar-refractivity contribution in [3.05, 3.63) is 30.0 Å². The first-order valence-electron chi connectivity index (χ1n) is 7.11. The standard InChI is InChI=1S/C15H20N4O/c1-19(13-6-4-12(16)5-7-13)15(20)10-2-3-11-9-17-18-14(11)8-10/h2-3,8-9,12-13H,4-7,16H2,1H3,(H,17,18). The molecule has 1 aromatic heterocycles. The van der Waals surface area contributed by atoms with Crippen LogP contribution < -0.4 is 5.73 Å². The van der Waals surface area contributed by atoms with E-state index in [9.17, 15) is 4.79 Å². The molecule has 5 nitrogen and oxygen atoms in total. The fraction of sp³-hybridized carbons (Fsp3) is 0.467. The molecule has 5 heteroatoms. The highest BCUT2D eigenvalue weighted by Gasteiger charge is 2.25. The summed E-state index contributed by atoms with van der Waals surface area (Å²) in [4.78, 5) is 14.4. The van der Waals surface area contributed by atoms with E-state index in [2.05, 4.69) is 10.2 Å². The molecule has 1 aromatic carbocycles. The molecule has 0 aliphatic heterocycles. The van der Waals surface area contributed by atoms with Crippen LogP contribution in [0.15, 0.2) is 24.4 Å². The molecule has 1 aliphatic carbocycles. The summed E-state index contributed by atoms with van der Waals surface area (Å²) in [5.74, 6) is 0.0713. The number of nitrogens with two attached hydrogens (primary N) is 1. The van der Waals surface area contributed by atoms with Crippen LogP contribution in [0, 0.1) is 0 Å². The quantitative estimate of drug-likeness (QED) is 0.876. The maximum absolute atomic E-state index is 12.6. The van der Waals surface area contributed by atoms with E-state index in [1.807, 2.05) is 30.1 Å². The van der Waals surface area contributed by atoms with Gasteiger partial charge in [-0.25, -0.2) is 0 Å². The van der Waals surface area contributed by atoms with Gasteiger partial charge in [-0.2, -0.15) is 5.10 Å². The molecule has 0 atom stereocenters. The number of aromatic nitrogens is 2. The Morgan fingerprint density at radius 1 is 1.35 bits per heavy atom. The van der Waals surface area contributed by atoms with Gasteiger partial charge in [-0.3, -0.25) is 9.89 Å². The highest BCUT2D eigenvalue weighted by molar-refractivity contribution is 5.97. The van der Waals surface area contributed by atoms with Gasteiger partial charge in [0, 0.05) is 30.1 Å². The van der Waals surface area contributed by atoms with Gasteiger partial charge in [0.2, 0.25) is 0 Å². The minimum atomic E-state index is 0.0713. The molecule has 0 spiro atoms. The van der Waals surface area contributed by atoms with Crippen LogP contribution in [0.25, 0.3) is 10.9 Å². The van der Waals surface area contributed by atoms with Gasteiger partial charge in [0.25, 0.3) is 5.91 Å². The molecule has 0 bridgehead atoms. The number of hydrogen-bond acceptors (Lipinski definition) is 3. The van der Waals surface area contributed by atoms with Gasteiger partial charge in [0.1, 0.15) is 0 Å². The van der Waals surface area contributed by atoms with Crippen LogP contribution in [0.2, 0.25) is 0 Å². The molecule has 1 heterocycles. The fourth-order valence-electron chi connectivity index (χ4n) is 2.93. The average Bonchev–Trinajstić information content (AvgIpc) is 2.94. The Balaban J connectivity index is 1.77. The summed E-state index contributed by atoms with van der Waals surface area (Å²) in [5.41, 5.74) is 7.53. The lowest BCUT2D eigenvalue weighted by Crippen LogP contribution is -2.41. The number of nitrogens with one attached hydrogen (secondary N) is 1. The molecular formula is C15H20N4O. The second kappa shape index (κ2) is 5.25. The van der Waals surface area contributed by atoms with Crippen molar-refractivity contribution in [3.63, 3.8) is 0 Å². The van der Waals surface area contributed by atoms with Crippen molar-refractivity contribution in [1.29, 1.82) is 0 Å². The Labute approximate surface area is 118 Å². The molecule has 1 amide bonds. The van der Waals surface area contributed by atoms with Crippen LogP contribution >= 0.6 is 0 Å². The number of carbonyl (C=O) groups is 1. The molecule has 0 saturated heterocycles. The summed E-state index contributed by atoms with van der Waals surface area (Å²) in [5, 5.41) is 7.90. The van der Waals surface area contributed by atoms with Crippen LogP contribution in [-0.4, -0.2) is 40.1 Å². The Morgan fingerprint density at radius 2 is 2.10 bits per heavy atom. The summed E-state index contributed by atoms with van der Waals surface area (Å²) in [7, 11) is 1.89. The van der Waals surface area contributed by atoms with Crippen molar-refractivity contribution in [2.24, 2.45) is 5.73 Å². The first-order valence-corrected chi connectivity index (χ1v) is 7.11. The Hall–Kier alpha value is -1.88. The van der Waals surface area contributed by atoms with Gasteiger partial charge in [0.05, 0.1) is 11.7 Å². The van der Waals surface area contributed by atoms with Crippen LogP contribution in [0.4, 0.5) is 0 Å². The summed E-state index contributed by atoms with van der Waals surface area (Å²) < 4.78 is 0. The highest BCUT2D eigenvalue weighted by Crippen LogP contribution is 2.23. The molecular weight excluding hydrogens is 252 g/mol. The Kier molecular flexibility index (Phi) is 3.44. The van der Waals surface area contributed by atoms with Gasteiger partial charge in [-0.15, -0.1) is 0 Å². The third kappa shape index (κ3) is 2.41. The lowest BCUT2D eigenvalue weighted by molar-refractivity contribution is 0.0690. The van der Waals surface area contributed by atoms with Gasteiger partial charge in [0.15, 0.2) is 0 Å². The summed E-state index contributed by atoms with van der Waals surface area (Å²) in [6, 6.07) is 6.27. The first kappa shape index (κ1) is 13.1. The molecule has 2 aromatic rings. The minimum absolute atomic E-state index is 0.0713. The SMILES string of the molecule is CN(C(=O)c1ccc2cn[nH]c2c1)C1CCC(N)CC1. The van der Waals surface area contributed by atoms with Crippen LogP contribution in [0.3, 0.4) is 0 Å². The van der Waals surface area contributed by atoms with Gasteiger partial charge in [-0.05, 0) is 37.8 Å². The number of carbonyl (C=O) groups excluding carboxylic acids is 1. The lowest BCUT2D eigenvalue weighted by atomic mass is 9.90. The molecule has 106 valence electrons. The van der Waals surface area contributed by atoms with Crippen molar-refractivity contribution < 1.29 is 4.79 Å². The normalized spacial score (nSPS) is 22.9. The lowest BCUT2D eigenvalue weighted by Gasteiger charge is -2.33. The van der Waals surface area contributed by atoms with Crippen LogP contribution in [0.5, 0.6) is 0 Å². The molecule has 1 fully saturated rings. The van der Waals surface area contributed by atoms with E-state index in [-0.39, 0.29) is 5.91 Å². The minimum Gasteiger partial charge on any atom is -0.339 e. The first-order chi connectivity index (χ1) is 9.65. The smallest absolute Gasteiger partial charge is 0.253 e. The van der Waals surface area contributed by atoms with Gasteiger partial charge < -0.3 is 10.6 Å². The van der Waals surface area contributed by atoms with Crippen molar-refractivity contribution in [3.8, 4) is 0 Å². The van der Waals surface area contributed by atoms with E-state index in [1.54, 1.807) is 6.20 Å². The van der Waals surface area contributed by atoms with E-state index >= 15 is 0 Å². The van der Waals surface area contributed by atoms with E-state index in [0.29, 0.717) is 17.6 Å². The molecule has 1 aliphatic rings. The van der Waals surface area contributed by atoms with E-state index in [1.165, 1.54) is 0 Å². The maximum Gasteiger partial charge on any atom is 0.253 e. The van der Waals surface area contributed by atoms with Crippen molar-refractivity contribution in [1.82, 2.24) is 15.1 Å². The number of fused-ring (bicyclic) bond motifs is 1. The topological polar surface area (TPSA) is 75.0 Å². The Bertz CT molecular complexity index is 613. The molecule has 0 unspecified atom stereocenters. The number of nitrogens with zero attached hydrogens (tertiary/aromatic N) is 2. The molecule has 0 radical (unpaired) electrons. The fourth-order valence-corrected chi connectivity index (χ4v) is 2.93. The summed E-state index contributed by atoms with van der Waals surface area (Å²) in [6.45, 7) is 0. The summed E-state index contributed by atoms with van der Waals surface area (Å²) >= 11 is 0. The van der Waals surface area contributed by atoms with Crippen molar-refractivity contribution >= 4 is 16.8 Å². The monoisotopic (exact) mass is 272 g/mol. The summed E-state index contributed by atoms with van der Waals surface area (Å²) in [6.07, 6.45) is 5.75. The number of rotatable bonds is 2. The largest absolute Gasteiger partial charge is 0.339 e. The van der Waals surface area contributed by atoms with E-state index in [0.717, 1.165) is 36.6 Å². The van der Waals surface area contributed by atoms with E-state index in [4.69, 9.17) is 5.73 Å². The van der Waals surface area contributed by atoms with Crippen molar-refractivity contribution in [2.45, 2.75) is 37.8 Å². The zero-order chi connectivity index (χ0) is 14.1. The molecule has 1 saturated carbocycles. The van der Waals surface area contributed by atoms with Gasteiger partial charge >= 0.3 is 0 Å². The van der Waals surface area contributed by atoms with Crippen molar-refractivity contribution in [2.75, 3.05) is 7.05 Å². The van der Waals surface area contributed by atoms with Gasteiger partial charge in [-0.1, -0.05) is 6.07 Å². The van der Waals surface area contributed by atoms with Crippen LogP contribution in [-0.2, 0) is 0 Å². The second-order valence-corrected chi connectivity index (χ2v) is 5.66. The van der Waals surface area contributed by atoms with Crippen LogP contribution in [0.1, 0.15) is 36.0 Å². The maximum atomic E-state index is 12.6. The molecule has 3 N–H and O–H groups in total. The highest BCUT2D eigenvalue weighted by atomic mass is 16.2. The zero-order valence-electron chi connectivity index (χ0n) is 11.7. The average molecular weight is 272 g/mol. The number of hydrogen-bond donors (Lipinski definition) is 2. The third-order valence-corrected chi connectivity index (χ3v) is 4.30. The predicted molar refractivity (Wildman–Crippen MR) is 78.4 cm³/mol. The number of amides is 1.